The van der Waals surface area contributed by atoms with Crippen molar-refractivity contribution in [3.8, 4) is 0 Å². The minimum Gasteiger partial charge on any atom is -0.357 e. The average Bonchev–Trinajstić information content (AvgIpc) is 2.59. The second kappa shape index (κ2) is 6.00. The number of guanidine groups is 1. The van der Waals surface area contributed by atoms with E-state index in [1.165, 1.54) is 4.88 Å². The van der Waals surface area contributed by atoms with Crippen molar-refractivity contribution in [1.82, 2.24) is 15.6 Å². The molecule has 17 heavy (non-hydrogen) atoms. The Balaban J connectivity index is 2.63. The lowest BCUT2D eigenvalue weighted by Gasteiger charge is -2.23. The quantitative estimate of drug-likeness (QED) is 0.643. The van der Waals surface area contributed by atoms with Crippen LogP contribution < -0.4 is 10.6 Å². The Labute approximate surface area is 108 Å². The number of aromatic nitrogens is 1. The summed E-state index contributed by atoms with van der Waals surface area (Å²) in [5.74, 6) is 0.841. The number of nitrogens with zero attached hydrogens (tertiary/aromatic N) is 2. The number of nitrogens with one attached hydrogen (secondary N) is 2. The number of aryl methyl sites for hydroxylation is 1. The van der Waals surface area contributed by atoms with Crippen molar-refractivity contribution in [1.29, 1.82) is 0 Å². The Kier molecular flexibility index (Phi) is 4.93. The maximum Gasteiger partial charge on any atom is 0.192 e. The number of hydrogen-bond donors (Lipinski definition) is 2. The molecule has 0 atom stereocenters. The molecule has 1 heterocycles. The highest BCUT2D eigenvalue weighted by atomic mass is 32.1. The summed E-state index contributed by atoms with van der Waals surface area (Å²) < 4.78 is 0. The van der Waals surface area contributed by atoms with E-state index in [-0.39, 0.29) is 5.54 Å². The SMILES string of the molecule is CCNC(=NCc1ncc(C)s1)NC(C)(C)C. The molecule has 0 saturated carbocycles. The topological polar surface area (TPSA) is 49.3 Å². The van der Waals surface area contributed by atoms with Crippen LogP contribution in [-0.4, -0.2) is 23.0 Å². The van der Waals surface area contributed by atoms with Gasteiger partial charge in [-0.25, -0.2) is 9.98 Å². The highest BCUT2D eigenvalue weighted by Crippen LogP contribution is 2.11. The molecular formula is C12H22N4S. The Bertz CT molecular complexity index is 376. The first-order valence-corrected chi connectivity index (χ1v) is 6.70. The standard InChI is InChI=1S/C12H22N4S/c1-6-13-11(16-12(3,4)5)15-8-10-14-7-9(2)17-10/h7H,6,8H2,1-5H3,(H2,13,15,16). The van der Waals surface area contributed by atoms with Gasteiger partial charge < -0.3 is 10.6 Å². The van der Waals surface area contributed by atoms with Crippen LogP contribution >= 0.6 is 11.3 Å². The summed E-state index contributed by atoms with van der Waals surface area (Å²) in [5, 5.41) is 7.63. The Morgan fingerprint density at radius 1 is 1.47 bits per heavy atom. The fraction of sp³-hybridized carbons (Fsp3) is 0.667. The summed E-state index contributed by atoms with van der Waals surface area (Å²) in [6, 6.07) is 0. The molecule has 1 aromatic heterocycles. The van der Waals surface area contributed by atoms with Crippen LogP contribution in [0.3, 0.4) is 0 Å². The highest BCUT2D eigenvalue weighted by Gasteiger charge is 2.11. The predicted molar refractivity (Wildman–Crippen MR) is 74.6 cm³/mol. The zero-order valence-corrected chi connectivity index (χ0v) is 12.1. The normalized spacial score (nSPS) is 12.6. The largest absolute Gasteiger partial charge is 0.357 e. The van der Waals surface area contributed by atoms with Crippen LogP contribution in [0.25, 0.3) is 0 Å². The molecule has 0 aromatic carbocycles. The van der Waals surface area contributed by atoms with E-state index >= 15 is 0 Å². The van der Waals surface area contributed by atoms with E-state index < -0.39 is 0 Å². The van der Waals surface area contributed by atoms with E-state index in [2.05, 4.69) is 55.2 Å². The summed E-state index contributed by atoms with van der Waals surface area (Å²) >= 11 is 1.69. The van der Waals surface area contributed by atoms with E-state index in [0.29, 0.717) is 6.54 Å². The third kappa shape index (κ3) is 5.68. The van der Waals surface area contributed by atoms with Crippen molar-refractivity contribution in [3.63, 3.8) is 0 Å². The lowest BCUT2D eigenvalue weighted by atomic mass is 10.1. The summed E-state index contributed by atoms with van der Waals surface area (Å²) in [6.45, 7) is 12.0. The van der Waals surface area contributed by atoms with Crippen molar-refractivity contribution >= 4 is 17.3 Å². The van der Waals surface area contributed by atoms with E-state index in [4.69, 9.17) is 0 Å². The van der Waals surface area contributed by atoms with Crippen molar-refractivity contribution in [2.75, 3.05) is 6.54 Å². The van der Waals surface area contributed by atoms with Crippen LogP contribution in [0.2, 0.25) is 0 Å². The van der Waals surface area contributed by atoms with Gasteiger partial charge in [0.25, 0.3) is 0 Å². The summed E-state index contributed by atoms with van der Waals surface area (Å²) in [5.41, 5.74) is 0.0137. The second-order valence-corrected chi connectivity index (χ2v) is 6.25. The molecule has 0 spiro atoms. The molecule has 96 valence electrons. The molecule has 1 rings (SSSR count). The molecular weight excluding hydrogens is 232 g/mol. The van der Waals surface area contributed by atoms with E-state index in [0.717, 1.165) is 17.5 Å². The van der Waals surface area contributed by atoms with Crippen LogP contribution in [0.1, 0.15) is 37.6 Å². The van der Waals surface area contributed by atoms with Gasteiger partial charge in [-0.05, 0) is 34.6 Å². The average molecular weight is 254 g/mol. The monoisotopic (exact) mass is 254 g/mol. The maximum absolute atomic E-state index is 4.52. The van der Waals surface area contributed by atoms with Gasteiger partial charge in [0, 0.05) is 23.2 Å². The Morgan fingerprint density at radius 2 is 2.18 bits per heavy atom. The first kappa shape index (κ1) is 14.0. The van der Waals surface area contributed by atoms with Crippen LogP contribution in [0.15, 0.2) is 11.2 Å². The van der Waals surface area contributed by atoms with Gasteiger partial charge in [0.1, 0.15) is 5.01 Å². The number of aliphatic imine (C=N–C) groups is 1. The molecule has 0 fully saturated rings. The minimum atomic E-state index is 0.0137. The van der Waals surface area contributed by atoms with Gasteiger partial charge >= 0.3 is 0 Å². The number of rotatable bonds is 3. The molecule has 0 radical (unpaired) electrons. The maximum atomic E-state index is 4.52. The van der Waals surface area contributed by atoms with Gasteiger partial charge in [0.05, 0.1) is 6.54 Å². The van der Waals surface area contributed by atoms with E-state index in [1.807, 2.05) is 6.20 Å². The lowest BCUT2D eigenvalue weighted by molar-refractivity contribution is 0.501. The minimum absolute atomic E-state index is 0.0137. The van der Waals surface area contributed by atoms with Gasteiger partial charge in [-0.2, -0.15) is 0 Å². The Hall–Kier alpha value is -1.10. The van der Waals surface area contributed by atoms with Crippen LogP contribution in [0.4, 0.5) is 0 Å². The highest BCUT2D eigenvalue weighted by molar-refractivity contribution is 7.11. The molecule has 1 aromatic rings. The summed E-state index contributed by atoms with van der Waals surface area (Å²) in [6.07, 6.45) is 1.89. The third-order valence-corrected chi connectivity index (χ3v) is 2.78. The summed E-state index contributed by atoms with van der Waals surface area (Å²) in [4.78, 5) is 10.1. The molecule has 0 bridgehead atoms. The molecule has 0 unspecified atom stereocenters. The fourth-order valence-electron chi connectivity index (χ4n) is 1.28. The molecule has 5 heteroatoms. The number of thiazole rings is 1. The molecule has 0 aliphatic carbocycles. The van der Waals surface area contributed by atoms with E-state index in [1.54, 1.807) is 11.3 Å². The van der Waals surface area contributed by atoms with Crippen LogP contribution in [0, 0.1) is 6.92 Å². The van der Waals surface area contributed by atoms with E-state index in [9.17, 15) is 0 Å². The van der Waals surface area contributed by atoms with Gasteiger partial charge in [0.2, 0.25) is 0 Å². The predicted octanol–water partition coefficient (Wildman–Crippen LogP) is 2.31. The molecule has 0 saturated heterocycles. The molecule has 0 amide bonds. The molecule has 2 N–H and O–H groups in total. The first-order valence-electron chi connectivity index (χ1n) is 5.88. The lowest BCUT2D eigenvalue weighted by Crippen LogP contribution is -2.47. The van der Waals surface area contributed by atoms with Crippen molar-refractivity contribution < 1.29 is 0 Å². The zero-order valence-electron chi connectivity index (χ0n) is 11.3. The van der Waals surface area contributed by atoms with Crippen molar-refractivity contribution in [2.24, 2.45) is 4.99 Å². The van der Waals surface area contributed by atoms with Crippen LogP contribution in [-0.2, 0) is 6.54 Å². The third-order valence-electron chi connectivity index (χ3n) is 1.88. The molecule has 0 aliphatic heterocycles. The molecule has 4 nitrogen and oxygen atoms in total. The zero-order chi connectivity index (χ0) is 12.9. The first-order chi connectivity index (χ1) is 7.90. The Morgan fingerprint density at radius 3 is 2.65 bits per heavy atom. The fourth-order valence-corrected chi connectivity index (χ4v) is 2.00. The van der Waals surface area contributed by atoms with Gasteiger partial charge in [-0.15, -0.1) is 11.3 Å². The van der Waals surface area contributed by atoms with Crippen LogP contribution in [0.5, 0.6) is 0 Å². The number of hydrogen-bond acceptors (Lipinski definition) is 3. The van der Waals surface area contributed by atoms with Gasteiger partial charge in [-0.3, -0.25) is 0 Å². The van der Waals surface area contributed by atoms with Crippen molar-refractivity contribution in [2.45, 2.75) is 46.7 Å². The smallest absolute Gasteiger partial charge is 0.192 e. The van der Waals surface area contributed by atoms with Crippen molar-refractivity contribution in [3.05, 3.63) is 16.1 Å². The molecule has 0 aliphatic rings. The summed E-state index contributed by atoms with van der Waals surface area (Å²) in [7, 11) is 0. The second-order valence-electron chi connectivity index (χ2n) is 4.93. The van der Waals surface area contributed by atoms with Gasteiger partial charge in [0.15, 0.2) is 5.96 Å². The van der Waals surface area contributed by atoms with Gasteiger partial charge in [-0.1, -0.05) is 0 Å².